The summed E-state index contributed by atoms with van der Waals surface area (Å²) >= 11 is 0. The van der Waals surface area contributed by atoms with Gasteiger partial charge in [0.25, 0.3) is 0 Å². The molecule has 25 heavy (non-hydrogen) atoms. The highest BCUT2D eigenvalue weighted by molar-refractivity contribution is 5.80. The first-order valence-electron chi connectivity index (χ1n) is 8.53. The van der Waals surface area contributed by atoms with Crippen LogP contribution in [0.2, 0.25) is 0 Å². The molecule has 2 aromatic carbocycles. The van der Waals surface area contributed by atoms with Gasteiger partial charge in [-0.3, -0.25) is 4.79 Å². The highest BCUT2D eigenvalue weighted by atomic mass is 16.5. The zero-order chi connectivity index (χ0) is 17.2. The summed E-state index contributed by atoms with van der Waals surface area (Å²) in [4.78, 5) is 14.5. The molecule has 1 aromatic heterocycles. The van der Waals surface area contributed by atoms with Crippen LogP contribution in [0.15, 0.2) is 65.2 Å². The lowest BCUT2D eigenvalue weighted by Crippen LogP contribution is -2.32. The molecule has 1 amide bonds. The molecule has 1 aliphatic rings. The Bertz CT molecular complexity index is 861. The van der Waals surface area contributed by atoms with Crippen LogP contribution in [-0.4, -0.2) is 23.0 Å². The molecule has 0 unspecified atom stereocenters. The van der Waals surface area contributed by atoms with Crippen LogP contribution in [0.5, 0.6) is 0 Å². The Labute approximate surface area is 147 Å². The number of fused-ring (bicyclic) bond motifs is 1. The summed E-state index contributed by atoms with van der Waals surface area (Å²) < 4.78 is 5.42. The number of hydrogen-bond donors (Lipinski definition) is 0. The normalized spacial score (nSPS) is 13.6. The van der Waals surface area contributed by atoms with E-state index in [1.165, 1.54) is 11.1 Å². The average molecular weight is 332 g/mol. The number of carbonyl (C=O) groups is 1. The van der Waals surface area contributed by atoms with Crippen molar-refractivity contribution in [3.05, 3.63) is 77.6 Å². The van der Waals surface area contributed by atoms with Crippen molar-refractivity contribution in [2.75, 3.05) is 7.05 Å². The predicted molar refractivity (Wildman–Crippen MR) is 95.8 cm³/mol. The number of hydrogen-bond acceptors (Lipinski definition) is 3. The SMILES string of the molecule is CN(Cc1cc(-c2ccccc2)no1)C(=O)C1Cc2ccccc2C1. The van der Waals surface area contributed by atoms with Gasteiger partial charge in [-0.25, -0.2) is 0 Å². The van der Waals surface area contributed by atoms with Crippen LogP contribution in [-0.2, 0) is 24.2 Å². The first kappa shape index (κ1) is 15.6. The van der Waals surface area contributed by atoms with Crippen LogP contribution in [0.25, 0.3) is 11.3 Å². The zero-order valence-corrected chi connectivity index (χ0v) is 14.2. The standard InChI is InChI=1S/C21H20N2O2/c1-23(21(24)18-11-16-9-5-6-10-17(16)12-18)14-19-13-20(22-25-19)15-7-3-2-4-8-15/h2-10,13,18H,11-12,14H2,1H3. The summed E-state index contributed by atoms with van der Waals surface area (Å²) in [5.41, 5.74) is 4.39. The Morgan fingerprint density at radius 1 is 1.08 bits per heavy atom. The van der Waals surface area contributed by atoms with Gasteiger partial charge in [-0.2, -0.15) is 0 Å². The Morgan fingerprint density at radius 2 is 1.72 bits per heavy atom. The number of nitrogens with zero attached hydrogens (tertiary/aromatic N) is 2. The number of rotatable bonds is 4. The Hall–Kier alpha value is -2.88. The Morgan fingerprint density at radius 3 is 2.40 bits per heavy atom. The minimum Gasteiger partial charge on any atom is -0.359 e. The summed E-state index contributed by atoms with van der Waals surface area (Å²) in [5, 5.41) is 4.12. The van der Waals surface area contributed by atoms with E-state index in [0.717, 1.165) is 24.1 Å². The molecule has 126 valence electrons. The van der Waals surface area contributed by atoms with E-state index >= 15 is 0 Å². The Balaban J connectivity index is 1.42. The van der Waals surface area contributed by atoms with Crippen molar-refractivity contribution in [2.45, 2.75) is 19.4 Å². The predicted octanol–water partition coefficient (Wildman–Crippen LogP) is 3.72. The van der Waals surface area contributed by atoms with Gasteiger partial charge in [0.05, 0.1) is 6.54 Å². The van der Waals surface area contributed by atoms with Gasteiger partial charge in [0, 0.05) is 24.6 Å². The van der Waals surface area contributed by atoms with Crippen molar-refractivity contribution in [2.24, 2.45) is 5.92 Å². The van der Waals surface area contributed by atoms with Crippen LogP contribution in [0, 0.1) is 5.92 Å². The van der Waals surface area contributed by atoms with Gasteiger partial charge in [-0.15, -0.1) is 0 Å². The molecule has 0 N–H and O–H groups in total. The van der Waals surface area contributed by atoms with E-state index in [4.69, 9.17) is 4.52 Å². The van der Waals surface area contributed by atoms with E-state index in [0.29, 0.717) is 12.3 Å². The largest absolute Gasteiger partial charge is 0.359 e. The van der Waals surface area contributed by atoms with Crippen LogP contribution < -0.4 is 0 Å². The van der Waals surface area contributed by atoms with Crippen molar-refractivity contribution in [1.29, 1.82) is 0 Å². The molecule has 0 spiro atoms. The first-order chi connectivity index (χ1) is 12.2. The van der Waals surface area contributed by atoms with Gasteiger partial charge in [0.2, 0.25) is 5.91 Å². The quantitative estimate of drug-likeness (QED) is 0.731. The van der Waals surface area contributed by atoms with Gasteiger partial charge >= 0.3 is 0 Å². The van der Waals surface area contributed by atoms with E-state index in [2.05, 4.69) is 17.3 Å². The van der Waals surface area contributed by atoms with Crippen LogP contribution >= 0.6 is 0 Å². The van der Waals surface area contributed by atoms with E-state index in [1.54, 1.807) is 4.90 Å². The lowest BCUT2D eigenvalue weighted by molar-refractivity contribution is -0.134. The monoisotopic (exact) mass is 332 g/mol. The molecule has 0 saturated heterocycles. The van der Waals surface area contributed by atoms with Gasteiger partial charge in [0.15, 0.2) is 5.76 Å². The van der Waals surface area contributed by atoms with Crippen molar-refractivity contribution in [3.8, 4) is 11.3 Å². The van der Waals surface area contributed by atoms with E-state index in [9.17, 15) is 4.79 Å². The van der Waals surface area contributed by atoms with E-state index in [1.807, 2.05) is 55.6 Å². The smallest absolute Gasteiger partial charge is 0.226 e. The molecule has 0 saturated carbocycles. The minimum absolute atomic E-state index is 0.0268. The summed E-state index contributed by atoms with van der Waals surface area (Å²) in [6.07, 6.45) is 1.65. The first-order valence-corrected chi connectivity index (χ1v) is 8.53. The molecule has 0 radical (unpaired) electrons. The average Bonchev–Trinajstić information content (AvgIpc) is 3.28. The lowest BCUT2D eigenvalue weighted by atomic mass is 10.0. The summed E-state index contributed by atoms with van der Waals surface area (Å²) in [6.45, 7) is 0.436. The maximum atomic E-state index is 12.8. The molecule has 1 heterocycles. The van der Waals surface area contributed by atoms with Crippen LogP contribution in [0.4, 0.5) is 0 Å². The number of aromatic nitrogens is 1. The van der Waals surface area contributed by atoms with Crippen molar-refractivity contribution >= 4 is 5.91 Å². The van der Waals surface area contributed by atoms with Crippen molar-refractivity contribution in [1.82, 2.24) is 10.1 Å². The van der Waals surface area contributed by atoms with Gasteiger partial charge in [0.1, 0.15) is 5.69 Å². The molecule has 0 aliphatic heterocycles. The van der Waals surface area contributed by atoms with Crippen molar-refractivity contribution in [3.63, 3.8) is 0 Å². The molecule has 4 rings (SSSR count). The van der Waals surface area contributed by atoms with Gasteiger partial charge in [-0.1, -0.05) is 59.8 Å². The Kier molecular flexibility index (Phi) is 4.10. The molecular weight excluding hydrogens is 312 g/mol. The molecule has 0 atom stereocenters. The maximum Gasteiger partial charge on any atom is 0.226 e. The third kappa shape index (κ3) is 3.20. The molecular formula is C21H20N2O2. The summed E-state index contributed by atoms with van der Waals surface area (Å²) in [6, 6.07) is 20.1. The fourth-order valence-corrected chi connectivity index (χ4v) is 3.49. The molecule has 4 nitrogen and oxygen atoms in total. The summed E-state index contributed by atoms with van der Waals surface area (Å²) in [7, 11) is 1.83. The van der Waals surface area contributed by atoms with Crippen LogP contribution in [0.1, 0.15) is 16.9 Å². The number of benzene rings is 2. The fourth-order valence-electron chi connectivity index (χ4n) is 3.49. The number of amides is 1. The molecule has 0 bridgehead atoms. The van der Waals surface area contributed by atoms with Gasteiger partial charge < -0.3 is 9.42 Å². The second-order valence-corrected chi connectivity index (χ2v) is 6.61. The zero-order valence-electron chi connectivity index (χ0n) is 14.2. The fraction of sp³-hybridized carbons (Fsp3) is 0.238. The molecule has 4 heteroatoms. The van der Waals surface area contributed by atoms with Crippen LogP contribution in [0.3, 0.4) is 0 Å². The third-order valence-electron chi connectivity index (χ3n) is 4.80. The summed E-state index contributed by atoms with van der Waals surface area (Å²) in [5.74, 6) is 0.887. The molecule has 1 aliphatic carbocycles. The minimum atomic E-state index is 0.0268. The second kappa shape index (κ2) is 6.55. The highest BCUT2D eigenvalue weighted by Gasteiger charge is 2.29. The maximum absolute atomic E-state index is 12.8. The second-order valence-electron chi connectivity index (χ2n) is 6.61. The molecule has 0 fully saturated rings. The number of carbonyl (C=O) groups excluding carboxylic acids is 1. The van der Waals surface area contributed by atoms with Gasteiger partial charge in [-0.05, 0) is 24.0 Å². The van der Waals surface area contributed by atoms with Crippen molar-refractivity contribution < 1.29 is 9.32 Å². The third-order valence-corrected chi connectivity index (χ3v) is 4.80. The molecule has 3 aromatic rings. The van der Waals surface area contributed by atoms with E-state index in [-0.39, 0.29) is 11.8 Å². The highest BCUT2D eigenvalue weighted by Crippen LogP contribution is 2.28. The lowest BCUT2D eigenvalue weighted by Gasteiger charge is -2.19. The topological polar surface area (TPSA) is 46.3 Å². The van der Waals surface area contributed by atoms with E-state index < -0.39 is 0 Å².